The maximum absolute atomic E-state index is 12.1. The zero-order valence-corrected chi connectivity index (χ0v) is 10.9. The number of carbonyl (C=O) groups excluding carboxylic acids is 1. The molecule has 0 unspecified atom stereocenters. The molecule has 7 heteroatoms. The van der Waals surface area contributed by atoms with Crippen molar-refractivity contribution in [3.8, 4) is 0 Å². The van der Waals surface area contributed by atoms with E-state index in [-0.39, 0.29) is 22.3 Å². The molecule has 2 rings (SSSR count). The van der Waals surface area contributed by atoms with Crippen LogP contribution in [0.1, 0.15) is 23.2 Å². The van der Waals surface area contributed by atoms with Crippen molar-refractivity contribution in [3.63, 3.8) is 0 Å². The second-order valence-corrected chi connectivity index (χ2v) is 4.66. The van der Waals surface area contributed by atoms with Gasteiger partial charge in [0.05, 0.1) is 4.92 Å². The number of carbonyl (C=O) groups is 1. The van der Waals surface area contributed by atoms with Gasteiger partial charge in [-0.05, 0) is 25.0 Å². The van der Waals surface area contributed by atoms with Crippen molar-refractivity contribution in [2.75, 3.05) is 13.2 Å². The fourth-order valence-corrected chi connectivity index (χ4v) is 2.23. The number of amides is 1. The summed E-state index contributed by atoms with van der Waals surface area (Å²) in [6.45, 7) is 1.17. The molecule has 1 aliphatic heterocycles. The molecule has 0 aliphatic carbocycles. The second-order valence-electron chi connectivity index (χ2n) is 4.25. The lowest BCUT2D eigenvalue weighted by Gasteiger charge is -2.23. The van der Waals surface area contributed by atoms with E-state index in [4.69, 9.17) is 16.3 Å². The first kappa shape index (κ1) is 13.8. The first-order valence-electron chi connectivity index (χ1n) is 5.91. The molecule has 19 heavy (non-hydrogen) atoms. The molecule has 1 aliphatic rings. The molecular formula is C12H13ClN2O4. The maximum atomic E-state index is 12.1. The Morgan fingerprint density at radius 3 is 2.74 bits per heavy atom. The number of ether oxygens (including phenoxy) is 1. The van der Waals surface area contributed by atoms with Crippen molar-refractivity contribution in [1.29, 1.82) is 0 Å². The minimum absolute atomic E-state index is 0.0102. The van der Waals surface area contributed by atoms with Crippen LogP contribution in [0.4, 0.5) is 5.69 Å². The predicted octanol–water partition coefficient (Wildman–Crippen LogP) is 2.16. The van der Waals surface area contributed by atoms with Crippen LogP contribution in [-0.2, 0) is 4.74 Å². The van der Waals surface area contributed by atoms with E-state index in [0.29, 0.717) is 26.1 Å². The summed E-state index contributed by atoms with van der Waals surface area (Å²) in [6, 6.07) is 4.30. The fraction of sp³-hybridized carbons (Fsp3) is 0.417. The summed E-state index contributed by atoms with van der Waals surface area (Å²) in [5.74, 6) is -0.471. The molecule has 0 radical (unpaired) electrons. The van der Waals surface area contributed by atoms with Crippen LogP contribution in [0.5, 0.6) is 0 Å². The van der Waals surface area contributed by atoms with Crippen LogP contribution in [0.3, 0.4) is 0 Å². The summed E-state index contributed by atoms with van der Waals surface area (Å²) in [7, 11) is 0. The van der Waals surface area contributed by atoms with E-state index in [1.807, 2.05) is 0 Å². The highest BCUT2D eigenvalue weighted by atomic mass is 35.5. The molecule has 1 fully saturated rings. The van der Waals surface area contributed by atoms with Crippen LogP contribution < -0.4 is 5.32 Å². The monoisotopic (exact) mass is 284 g/mol. The van der Waals surface area contributed by atoms with Crippen molar-refractivity contribution in [2.24, 2.45) is 0 Å². The highest BCUT2D eigenvalue weighted by Crippen LogP contribution is 2.28. The van der Waals surface area contributed by atoms with Gasteiger partial charge in [-0.1, -0.05) is 17.7 Å². The second kappa shape index (κ2) is 5.99. The molecule has 1 heterocycles. The molecule has 0 aromatic heterocycles. The molecule has 1 aromatic carbocycles. The third-order valence-electron chi connectivity index (χ3n) is 2.97. The van der Waals surface area contributed by atoms with E-state index < -0.39 is 10.8 Å². The maximum Gasteiger partial charge on any atom is 0.300 e. The fourth-order valence-electron chi connectivity index (χ4n) is 1.99. The molecule has 0 bridgehead atoms. The first-order chi connectivity index (χ1) is 9.09. The van der Waals surface area contributed by atoms with Crippen LogP contribution in [0.15, 0.2) is 18.2 Å². The molecule has 0 atom stereocenters. The van der Waals surface area contributed by atoms with Crippen molar-refractivity contribution in [3.05, 3.63) is 38.9 Å². The van der Waals surface area contributed by atoms with Gasteiger partial charge in [-0.3, -0.25) is 14.9 Å². The third-order valence-corrected chi connectivity index (χ3v) is 3.28. The van der Waals surface area contributed by atoms with Gasteiger partial charge in [0.15, 0.2) is 0 Å². The molecule has 1 aromatic rings. The molecule has 6 nitrogen and oxygen atoms in total. The Bertz CT molecular complexity index is 501. The van der Waals surface area contributed by atoms with E-state index in [1.165, 1.54) is 18.2 Å². The van der Waals surface area contributed by atoms with E-state index in [0.717, 1.165) is 0 Å². The van der Waals surface area contributed by atoms with Gasteiger partial charge in [-0.25, -0.2) is 0 Å². The van der Waals surface area contributed by atoms with Crippen LogP contribution in [-0.4, -0.2) is 30.1 Å². The Hall–Kier alpha value is -1.66. The minimum Gasteiger partial charge on any atom is -0.381 e. The summed E-state index contributed by atoms with van der Waals surface area (Å²) < 4.78 is 5.19. The standard InChI is InChI=1S/C12H13ClN2O4/c13-10-3-1-2-9(11(10)15(17)18)12(16)14-8-4-6-19-7-5-8/h1-3,8H,4-7H2,(H,14,16). The number of rotatable bonds is 3. The predicted molar refractivity (Wildman–Crippen MR) is 69.4 cm³/mol. The van der Waals surface area contributed by atoms with Crippen molar-refractivity contribution < 1.29 is 14.5 Å². The quantitative estimate of drug-likeness (QED) is 0.681. The number of halogens is 1. The van der Waals surface area contributed by atoms with Crippen molar-refractivity contribution >= 4 is 23.2 Å². The van der Waals surface area contributed by atoms with Crippen LogP contribution in [0, 0.1) is 10.1 Å². The molecule has 1 N–H and O–H groups in total. The number of nitrogens with one attached hydrogen (secondary N) is 1. The summed E-state index contributed by atoms with van der Waals surface area (Å²) in [4.78, 5) is 22.4. The third kappa shape index (κ3) is 3.21. The highest BCUT2D eigenvalue weighted by molar-refractivity contribution is 6.33. The van der Waals surface area contributed by atoms with Crippen LogP contribution in [0.2, 0.25) is 5.02 Å². The highest BCUT2D eigenvalue weighted by Gasteiger charge is 2.25. The average Bonchev–Trinajstić information content (AvgIpc) is 2.39. The van der Waals surface area contributed by atoms with E-state index in [1.54, 1.807) is 0 Å². The number of nitrogens with zero attached hydrogens (tertiary/aromatic N) is 1. The van der Waals surface area contributed by atoms with Crippen LogP contribution >= 0.6 is 11.6 Å². The summed E-state index contributed by atoms with van der Waals surface area (Å²) >= 11 is 5.77. The minimum atomic E-state index is -0.638. The molecule has 0 spiro atoms. The Balaban J connectivity index is 2.18. The van der Waals surface area contributed by atoms with Gasteiger partial charge in [0, 0.05) is 19.3 Å². The smallest absolute Gasteiger partial charge is 0.300 e. The lowest BCUT2D eigenvalue weighted by molar-refractivity contribution is -0.385. The van der Waals surface area contributed by atoms with Gasteiger partial charge >= 0.3 is 5.69 Å². The lowest BCUT2D eigenvalue weighted by atomic mass is 10.1. The van der Waals surface area contributed by atoms with E-state index in [9.17, 15) is 14.9 Å². The average molecular weight is 285 g/mol. The number of benzene rings is 1. The summed E-state index contributed by atoms with van der Waals surface area (Å²) in [6.07, 6.45) is 1.42. The van der Waals surface area contributed by atoms with Gasteiger partial charge in [-0.2, -0.15) is 0 Å². The Kier molecular flexibility index (Phi) is 4.34. The first-order valence-corrected chi connectivity index (χ1v) is 6.29. The lowest BCUT2D eigenvalue weighted by Crippen LogP contribution is -2.39. The van der Waals surface area contributed by atoms with Gasteiger partial charge in [-0.15, -0.1) is 0 Å². The van der Waals surface area contributed by atoms with E-state index in [2.05, 4.69) is 5.32 Å². The number of hydrogen-bond donors (Lipinski definition) is 1. The molecule has 0 saturated carbocycles. The summed E-state index contributed by atoms with van der Waals surface area (Å²) in [5, 5.41) is 13.7. The van der Waals surface area contributed by atoms with Crippen molar-refractivity contribution in [2.45, 2.75) is 18.9 Å². The topological polar surface area (TPSA) is 81.5 Å². The zero-order chi connectivity index (χ0) is 13.8. The number of nitro benzene ring substituents is 1. The van der Waals surface area contributed by atoms with Crippen molar-refractivity contribution in [1.82, 2.24) is 5.32 Å². The summed E-state index contributed by atoms with van der Waals surface area (Å²) in [5.41, 5.74) is -0.363. The molecule has 102 valence electrons. The molecular weight excluding hydrogens is 272 g/mol. The molecule has 1 saturated heterocycles. The van der Waals surface area contributed by atoms with Crippen LogP contribution in [0.25, 0.3) is 0 Å². The number of para-hydroxylation sites is 1. The van der Waals surface area contributed by atoms with Gasteiger partial charge in [0.2, 0.25) is 0 Å². The number of hydrogen-bond acceptors (Lipinski definition) is 4. The Morgan fingerprint density at radius 2 is 2.11 bits per heavy atom. The van der Waals surface area contributed by atoms with Gasteiger partial charge in [0.1, 0.15) is 10.6 Å². The Morgan fingerprint density at radius 1 is 1.42 bits per heavy atom. The van der Waals surface area contributed by atoms with Gasteiger partial charge in [0.25, 0.3) is 5.91 Å². The zero-order valence-electron chi connectivity index (χ0n) is 10.1. The number of nitro groups is 1. The Labute approximate surface area is 114 Å². The SMILES string of the molecule is O=C(NC1CCOCC1)c1cccc(Cl)c1[N+](=O)[O-]. The normalized spacial score (nSPS) is 16.1. The van der Waals surface area contributed by atoms with E-state index >= 15 is 0 Å². The van der Waals surface area contributed by atoms with Gasteiger partial charge < -0.3 is 10.1 Å². The molecule has 1 amide bonds. The largest absolute Gasteiger partial charge is 0.381 e.